The molecule has 0 aliphatic carbocycles. The van der Waals surface area contributed by atoms with Crippen LogP contribution in [0.25, 0.3) is 0 Å². The van der Waals surface area contributed by atoms with Gasteiger partial charge in [-0.25, -0.2) is 4.39 Å². The molecule has 0 radical (unpaired) electrons. The zero-order valence-corrected chi connectivity index (χ0v) is 17.2. The topological polar surface area (TPSA) is 49.4 Å². The van der Waals surface area contributed by atoms with Crippen molar-refractivity contribution in [3.63, 3.8) is 0 Å². The summed E-state index contributed by atoms with van der Waals surface area (Å²) in [5, 5.41) is 2.28. The van der Waals surface area contributed by atoms with Crippen LogP contribution in [0.2, 0.25) is 0 Å². The minimum Gasteiger partial charge on any atom is -0.322 e. The van der Waals surface area contributed by atoms with E-state index in [-0.39, 0.29) is 17.2 Å². The predicted octanol–water partition coefficient (Wildman–Crippen LogP) is 5.88. The first-order chi connectivity index (χ1) is 15.2. The number of anilines is 2. The van der Waals surface area contributed by atoms with Gasteiger partial charge in [0.2, 0.25) is 5.91 Å². The average molecular weight is 460 g/mol. The van der Waals surface area contributed by atoms with Crippen LogP contribution in [0.4, 0.5) is 28.9 Å². The van der Waals surface area contributed by atoms with E-state index in [0.29, 0.717) is 16.9 Å². The maximum Gasteiger partial charge on any atom is 0.416 e. The van der Waals surface area contributed by atoms with Gasteiger partial charge in [0, 0.05) is 16.9 Å². The number of halogens is 4. The summed E-state index contributed by atoms with van der Waals surface area (Å²) in [4.78, 5) is 26.4. The monoisotopic (exact) mass is 460 g/mol. The molecule has 3 aromatic carbocycles. The van der Waals surface area contributed by atoms with E-state index in [1.165, 1.54) is 53.1 Å². The number of alkyl halides is 3. The van der Waals surface area contributed by atoms with Crippen molar-refractivity contribution >= 4 is 35.0 Å². The second-order valence-corrected chi connectivity index (χ2v) is 8.13. The zero-order valence-electron chi connectivity index (χ0n) is 16.4. The molecule has 164 valence electrons. The van der Waals surface area contributed by atoms with Crippen LogP contribution in [0, 0.1) is 5.82 Å². The Kier molecular flexibility index (Phi) is 5.92. The third kappa shape index (κ3) is 4.62. The molecule has 1 heterocycles. The molecule has 9 heteroatoms. The maximum absolute atomic E-state index is 13.1. The fourth-order valence-corrected chi connectivity index (χ4v) is 4.50. The molecule has 32 heavy (non-hydrogen) atoms. The third-order valence-corrected chi connectivity index (χ3v) is 6.09. The third-order valence-electron chi connectivity index (χ3n) is 4.88. The summed E-state index contributed by atoms with van der Waals surface area (Å²) < 4.78 is 51.7. The van der Waals surface area contributed by atoms with Crippen LogP contribution < -0.4 is 10.2 Å². The standard InChI is InChI=1S/C23H16F4N2O2S/c24-17-8-4-14(5-9-17)21(31)28-18-3-1-2-15(12-18)22-29(20(30)13-32-22)19-10-6-16(7-11-19)23(25,26)27/h1-12,22H,13H2,(H,28,31). The van der Waals surface area contributed by atoms with Crippen molar-refractivity contribution in [2.24, 2.45) is 0 Å². The Bertz CT molecular complexity index is 1150. The highest BCUT2D eigenvalue weighted by Gasteiger charge is 2.35. The van der Waals surface area contributed by atoms with Gasteiger partial charge in [0.05, 0.1) is 11.3 Å². The van der Waals surface area contributed by atoms with Crippen LogP contribution in [0.3, 0.4) is 0 Å². The minimum absolute atomic E-state index is 0.178. The van der Waals surface area contributed by atoms with Gasteiger partial charge in [0.15, 0.2) is 0 Å². The van der Waals surface area contributed by atoms with Gasteiger partial charge in [-0.1, -0.05) is 12.1 Å². The number of thioether (sulfide) groups is 1. The van der Waals surface area contributed by atoms with Crippen LogP contribution in [0.5, 0.6) is 0 Å². The Hall–Kier alpha value is -3.33. The molecule has 4 nitrogen and oxygen atoms in total. The summed E-state index contributed by atoms with van der Waals surface area (Å²) in [6, 6.07) is 16.4. The van der Waals surface area contributed by atoms with E-state index < -0.39 is 28.8 Å². The summed E-state index contributed by atoms with van der Waals surface area (Å²) in [7, 11) is 0. The summed E-state index contributed by atoms with van der Waals surface area (Å²) in [6.07, 6.45) is -4.46. The van der Waals surface area contributed by atoms with Crippen molar-refractivity contribution in [2.45, 2.75) is 11.6 Å². The van der Waals surface area contributed by atoms with Crippen LogP contribution in [-0.4, -0.2) is 17.6 Å². The lowest BCUT2D eigenvalue weighted by Gasteiger charge is -2.25. The molecular formula is C23H16F4N2O2S. The lowest BCUT2D eigenvalue weighted by Crippen LogP contribution is -2.28. The van der Waals surface area contributed by atoms with Crippen molar-refractivity contribution < 1.29 is 27.2 Å². The van der Waals surface area contributed by atoms with Crippen LogP contribution in [-0.2, 0) is 11.0 Å². The maximum atomic E-state index is 13.1. The Balaban J connectivity index is 1.56. The van der Waals surface area contributed by atoms with Crippen molar-refractivity contribution in [1.29, 1.82) is 0 Å². The number of nitrogens with zero attached hydrogens (tertiary/aromatic N) is 1. The smallest absolute Gasteiger partial charge is 0.322 e. The average Bonchev–Trinajstić information content (AvgIpc) is 3.15. The summed E-state index contributed by atoms with van der Waals surface area (Å²) >= 11 is 1.34. The van der Waals surface area contributed by atoms with Gasteiger partial charge in [0.1, 0.15) is 11.2 Å². The van der Waals surface area contributed by atoms with E-state index in [1.807, 2.05) is 0 Å². The molecule has 4 rings (SSSR count). The highest BCUT2D eigenvalue weighted by molar-refractivity contribution is 8.00. The Morgan fingerprint density at radius 1 is 1.00 bits per heavy atom. The van der Waals surface area contributed by atoms with Gasteiger partial charge in [0.25, 0.3) is 5.91 Å². The van der Waals surface area contributed by atoms with Crippen LogP contribution >= 0.6 is 11.8 Å². The van der Waals surface area contributed by atoms with Gasteiger partial charge < -0.3 is 5.32 Å². The number of amides is 2. The van der Waals surface area contributed by atoms with Gasteiger partial charge in [-0.15, -0.1) is 11.8 Å². The molecule has 1 saturated heterocycles. The fraction of sp³-hybridized carbons (Fsp3) is 0.130. The molecule has 1 aliphatic heterocycles. The molecule has 2 amide bonds. The first-order valence-corrected chi connectivity index (χ1v) is 10.5. The van der Waals surface area contributed by atoms with Gasteiger partial charge >= 0.3 is 6.18 Å². The highest BCUT2D eigenvalue weighted by Crippen LogP contribution is 2.43. The molecule has 0 aromatic heterocycles. The lowest BCUT2D eigenvalue weighted by atomic mass is 10.1. The van der Waals surface area contributed by atoms with E-state index in [1.54, 1.807) is 24.3 Å². The first-order valence-electron chi connectivity index (χ1n) is 9.50. The molecule has 1 aliphatic rings. The molecule has 3 aromatic rings. The largest absolute Gasteiger partial charge is 0.416 e. The molecule has 1 atom stereocenters. The number of carbonyl (C=O) groups excluding carboxylic acids is 2. The second kappa shape index (κ2) is 8.66. The molecule has 1 fully saturated rings. The van der Waals surface area contributed by atoms with Gasteiger partial charge in [-0.3, -0.25) is 14.5 Å². The van der Waals surface area contributed by atoms with E-state index in [4.69, 9.17) is 0 Å². The van der Waals surface area contributed by atoms with Crippen LogP contribution in [0.15, 0.2) is 72.8 Å². The number of carbonyl (C=O) groups is 2. The Labute approximate surface area is 185 Å². The molecule has 1 unspecified atom stereocenters. The van der Waals surface area contributed by atoms with Crippen molar-refractivity contribution in [2.75, 3.05) is 16.0 Å². The summed E-state index contributed by atoms with van der Waals surface area (Å²) in [6.45, 7) is 0. The van der Waals surface area contributed by atoms with E-state index in [0.717, 1.165) is 12.1 Å². The second-order valence-electron chi connectivity index (χ2n) is 7.06. The van der Waals surface area contributed by atoms with Crippen molar-refractivity contribution in [1.82, 2.24) is 0 Å². The molecule has 0 spiro atoms. The SMILES string of the molecule is O=C(Nc1cccc(C2SCC(=O)N2c2ccc(C(F)(F)F)cc2)c1)c1ccc(F)cc1. The number of rotatable bonds is 4. The molecular weight excluding hydrogens is 444 g/mol. The fourth-order valence-electron chi connectivity index (χ4n) is 3.34. The predicted molar refractivity (Wildman–Crippen MR) is 115 cm³/mol. The van der Waals surface area contributed by atoms with Gasteiger partial charge in [-0.05, 0) is 66.2 Å². The molecule has 0 saturated carbocycles. The summed E-state index contributed by atoms with van der Waals surface area (Å²) in [5.74, 6) is -0.912. The highest BCUT2D eigenvalue weighted by atomic mass is 32.2. The van der Waals surface area contributed by atoms with Crippen molar-refractivity contribution in [3.8, 4) is 0 Å². The van der Waals surface area contributed by atoms with Crippen LogP contribution in [0.1, 0.15) is 26.9 Å². The quantitative estimate of drug-likeness (QED) is 0.495. The zero-order chi connectivity index (χ0) is 22.9. The summed E-state index contributed by atoms with van der Waals surface area (Å²) in [5.41, 5.74) is 1.04. The molecule has 0 bridgehead atoms. The number of benzene rings is 3. The lowest BCUT2D eigenvalue weighted by molar-refractivity contribution is -0.137. The minimum atomic E-state index is -4.46. The number of nitrogens with one attached hydrogen (secondary N) is 1. The van der Waals surface area contributed by atoms with Gasteiger partial charge in [-0.2, -0.15) is 13.2 Å². The van der Waals surface area contributed by atoms with E-state index in [2.05, 4.69) is 5.32 Å². The normalized spacial score (nSPS) is 16.3. The number of hydrogen-bond donors (Lipinski definition) is 1. The van der Waals surface area contributed by atoms with Crippen molar-refractivity contribution in [3.05, 3.63) is 95.3 Å². The molecule has 1 N–H and O–H groups in total. The Morgan fingerprint density at radius 3 is 2.34 bits per heavy atom. The van der Waals surface area contributed by atoms with E-state index >= 15 is 0 Å². The number of hydrogen-bond acceptors (Lipinski definition) is 3. The van der Waals surface area contributed by atoms with E-state index in [9.17, 15) is 27.2 Å². The Morgan fingerprint density at radius 2 is 1.69 bits per heavy atom. The first kappa shape index (κ1) is 21.9.